The van der Waals surface area contributed by atoms with Gasteiger partial charge in [-0.05, 0) is 19.4 Å². The summed E-state index contributed by atoms with van der Waals surface area (Å²) in [6.07, 6.45) is -2.24. The fraction of sp³-hybridized carbons (Fsp3) is 0.455. The number of thioether (sulfide) groups is 1. The van der Waals surface area contributed by atoms with Crippen LogP contribution in [0, 0.1) is 0 Å². The second-order valence-electron chi connectivity index (χ2n) is 8.03. The van der Waals surface area contributed by atoms with E-state index in [2.05, 4.69) is 22.2 Å². The Kier molecular flexibility index (Phi) is 9.29. The molecule has 1 saturated heterocycles. The zero-order valence-electron chi connectivity index (χ0n) is 20.5. The number of nitrogens with one attached hydrogen (secondary N) is 2. The number of ether oxygens (including phenoxy) is 4. The molecule has 0 spiro atoms. The summed E-state index contributed by atoms with van der Waals surface area (Å²) >= 11 is 2.45. The van der Waals surface area contributed by atoms with Gasteiger partial charge in [-0.25, -0.2) is 14.6 Å². The number of β-lactam (4-membered cyclic amide) rings is 1. The Morgan fingerprint density at radius 3 is 2.65 bits per heavy atom. The number of aromatic nitrogens is 1. The minimum Gasteiger partial charge on any atom is -0.431 e. The molecule has 13 nitrogen and oxygen atoms in total. The Morgan fingerprint density at radius 1 is 1.27 bits per heavy atom. The molecule has 0 saturated carbocycles. The molecule has 1 aromatic heterocycles. The molecule has 3 rings (SSSR count). The number of anilines is 1. The first-order valence-corrected chi connectivity index (χ1v) is 12.9. The zero-order chi connectivity index (χ0) is 27.3. The van der Waals surface area contributed by atoms with Gasteiger partial charge in [-0.2, -0.15) is 0 Å². The highest BCUT2D eigenvalue weighted by molar-refractivity contribution is 8.00. The summed E-state index contributed by atoms with van der Waals surface area (Å²) in [4.78, 5) is 66.4. The summed E-state index contributed by atoms with van der Waals surface area (Å²) in [5.41, 5.74) is 0.739. The van der Waals surface area contributed by atoms with Crippen LogP contribution in [-0.2, 0) is 38.1 Å². The van der Waals surface area contributed by atoms with Gasteiger partial charge in [-0.3, -0.25) is 19.3 Å². The minimum atomic E-state index is -1.28. The second-order valence-corrected chi connectivity index (χ2v) is 10.00. The molecule has 0 aromatic carbocycles. The highest BCUT2D eigenvalue weighted by Gasteiger charge is 2.54. The van der Waals surface area contributed by atoms with Gasteiger partial charge < -0.3 is 29.6 Å². The third kappa shape index (κ3) is 6.47. The van der Waals surface area contributed by atoms with Crippen LogP contribution in [0.25, 0.3) is 5.57 Å². The van der Waals surface area contributed by atoms with E-state index < -0.39 is 47.7 Å². The number of esters is 1. The number of amides is 3. The maximum atomic E-state index is 13.0. The second kappa shape index (κ2) is 12.2. The van der Waals surface area contributed by atoms with Crippen LogP contribution in [0.2, 0.25) is 0 Å². The molecular weight excluding hydrogens is 528 g/mol. The van der Waals surface area contributed by atoms with E-state index in [9.17, 15) is 24.0 Å². The number of rotatable bonds is 11. The lowest BCUT2D eigenvalue weighted by Crippen LogP contribution is -2.70. The van der Waals surface area contributed by atoms with E-state index in [0.29, 0.717) is 22.9 Å². The molecule has 37 heavy (non-hydrogen) atoms. The van der Waals surface area contributed by atoms with Crippen LogP contribution in [0.5, 0.6) is 0 Å². The van der Waals surface area contributed by atoms with E-state index >= 15 is 0 Å². The van der Waals surface area contributed by atoms with E-state index in [-0.39, 0.29) is 23.6 Å². The van der Waals surface area contributed by atoms with Gasteiger partial charge in [-0.15, -0.1) is 23.1 Å². The van der Waals surface area contributed by atoms with Crippen molar-refractivity contribution in [2.24, 2.45) is 0 Å². The third-order valence-electron chi connectivity index (χ3n) is 4.98. The molecule has 3 amide bonds. The van der Waals surface area contributed by atoms with E-state index in [1.165, 1.54) is 30.7 Å². The smallest absolute Gasteiger partial charge is 0.431 e. The summed E-state index contributed by atoms with van der Waals surface area (Å²) in [6, 6.07) is -0.929. The molecule has 2 aliphatic rings. The van der Waals surface area contributed by atoms with Crippen LogP contribution in [-0.4, -0.2) is 83.5 Å². The van der Waals surface area contributed by atoms with Crippen LogP contribution in [0.3, 0.4) is 0 Å². The molecule has 0 radical (unpaired) electrons. The molecule has 1 fully saturated rings. The first-order valence-electron chi connectivity index (χ1n) is 11.0. The first kappa shape index (κ1) is 28.1. The molecule has 3 heterocycles. The molecular formula is C22H26N4O9S2. The molecule has 2 aliphatic heterocycles. The quantitative estimate of drug-likeness (QED) is 0.134. The predicted octanol–water partition coefficient (Wildman–Crippen LogP) is 1.48. The lowest BCUT2D eigenvalue weighted by atomic mass is 10.0. The molecule has 3 atom stereocenters. The Morgan fingerprint density at radius 2 is 2.00 bits per heavy atom. The van der Waals surface area contributed by atoms with Crippen molar-refractivity contribution in [1.29, 1.82) is 0 Å². The third-order valence-corrected chi connectivity index (χ3v) is 7.10. The lowest BCUT2D eigenvalue weighted by Gasteiger charge is -2.49. The number of carbonyl (C=O) groups is 5. The number of fused-ring (bicyclic) bond motifs is 1. The van der Waals surface area contributed by atoms with Gasteiger partial charge in [-0.1, -0.05) is 6.58 Å². The van der Waals surface area contributed by atoms with E-state index in [0.717, 1.165) is 11.3 Å². The number of thiazole rings is 1. The van der Waals surface area contributed by atoms with Gasteiger partial charge in [0.05, 0.1) is 24.0 Å². The fourth-order valence-corrected chi connectivity index (χ4v) is 5.43. The summed E-state index contributed by atoms with van der Waals surface area (Å²) in [7, 11) is 1.45. The summed E-state index contributed by atoms with van der Waals surface area (Å²) < 4.78 is 20.2. The summed E-state index contributed by atoms with van der Waals surface area (Å²) in [5.74, 6) is -1.71. The van der Waals surface area contributed by atoms with Gasteiger partial charge in [0.25, 0.3) is 11.8 Å². The van der Waals surface area contributed by atoms with Crippen LogP contribution in [0.1, 0.15) is 26.5 Å². The normalized spacial score (nSPS) is 19.4. The molecule has 1 aromatic rings. The average Bonchev–Trinajstić information content (AvgIpc) is 3.29. The predicted molar refractivity (Wildman–Crippen MR) is 133 cm³/mol. The highest BCUT2D eigenvalue weighted by atomic mass is 32.2. The van der Waals surface area contributed by atoms with Crippen molar-refractivity contribution in [3.8, 4) is 0 Å². The van der Waals surface area contributed by atoms with Crippen LogP contribution >= 0.6 is 23.1 Å². The van der Waals surface area contributed by atoms with Crippen molar-refractivity contribution in [2.45, 2.75) is 44.6 Å². The monoisotopic (exact) mass is 554 g/mol. The van der Waals surface area contributed by atoms with Crippen LogP contribution < -0.4 is 10.6 Å². The lowest BCUT2D eigenvalue weighted by molar-refractivity contribution is -0.169. The number of methoxy groups -OCH3 is 1. The maximum Gasteiger partial charge on any atom is 0.511 e. The van der Waals surface area contributed by atoms with Gasteiger partial charge >= 0.3 is 12.1 Å². The molecule has 2 unspecified atom stereocenters. The number of carbonyl (C=O) groups excluding carboxylic acids is 5. The van der Waals surface area contributed by atoms with Gasteiger partial charge in [0, 0.05) is 25.2 Å². The van der Waals surface area contributed by atoms with E-state index in [1.807, 2.05) is 0 Å². The van der Waals surface area contributed by atoms with Crippen molar-refractivity contribution in [2.75, 3.05) is 24.8 Å². The Hall–Kier alpha value is -3.43. The topological polar surface area (TPSA) is 162 Å². The average molecular weight is 555 g/mol. The standard InChI is InChI=1S/C22H26N4O9S2/c1-10(2)33-22(31)35-12(4)34-20(30)16-13(6-32-5)7-36-19-15(18(29)26(16)19)25-17(28)11(3)14-8-37-21(24-14)23-9-27/h8-10,12,15,19H,3,6-7H2,1-2,4-5H3,(H,25,28)(H,23,24,27)/t12?,15-,19?/m1/s1. The van der Waals surface area contributed by atoms with Crippen molar-refractivity contribution < 1.29 is 42.9 Å². The van der Waals surface area contributed by atoms with Crippen LogP contribution in [0.4, 0.5) is 9.93 Å². The van der Waals surface area contributed by atoms with Crippen LogP contribution in [0.15, 0.2) is 23.2 Å². The van der Waals surface area contributed by atoms with Gasteiger partial charge in [0.2, 0.25) is 12.7 Å². The highest BCUT2D eigenvalue weighted by Crippen LogP contribution is 2.41. The number of hydrogen-bond acceptors (Lipinski definition) is 12. The molecule has 200 valence electrons. The SMILES string of the molecule is C=C(C(=O)N[C@@H]1C(=O)N2C(C(=O)OC(C)OC(=O)OC(C)C)=C(COC)CSC12)c1csc(NC=O)n1. The fourth-order valence-electron chi connectivity index (χ4n) is 3.42. The van der Waals surface area contributed by atoms with Gasteiger partial charge in [0.1, 0.15) is 17.1 Å². The molecule has 0 bridgehead atoms. The van der Waals surface area contributed by atoms with Crippen molar-refractivity contribution >= 4 is 64.2 Å². The number of hydrogen-bond donors (Lipinski definition) is 2. The summed E-state index contributed by atoms with van der Waals surface area (Å²) in [5, 5.41) is 6.27. The van der Waals surface area contributed by atoms with Crippen molar-refractivity contribution in [1.82, 2.24) is 15.2 Å². The van der Waals surface area contributed by atoms with E-state index in [4.69, 9.17) is 18.9 Å². The Bertz CT molecular complexity index is 1130. The largest absolute Gasteiger partial charge is 0.511 e. The summed E-state index contributed by atoms with van der Waals surface area (Å²) in [6.45, 7) is 8.40. The maximum absolute atomic E-state index is 13.0. The molecule has 0 aliphatic carbocycles. The Balaban J connectivity index is 1.69. The molecule has 2 N–H and O–H groups in total. The van der Waals surface area contributed by atoms with Crippen molar-refractivity contribution in [3.05, 3.63) is 28.9 Å². The van der Waals surface area contributed by atoms with Gasteiger partial charge in [0.15, 0.2) is 5.13 Å². The minimum absolute atomic E-state index is 0.0109. The van der Waals surface area contributed by atoms with Crippen molar-refractivity contribution in [3.63, 3.8) is 0 Å². The van der Waals surface area contributed by atoms with E-state index in [1.54, 1.807) is 19.2 Å². The zero-order valence-corrected chi connectivity index (χ0v) is 22.1. The first-order chi connectivity index (χ1) is 17.6. The molecule has 15 heteroatoms. The number of nitrogens with zero attached hydrogens (tertiary/aromatic N) is 2. The Labute approximate surface area is 220 Å².